The van der Waals surface area contributed by atoms with Crippen LogP contribution in [0.25, 0.3) is 0 Å². The van der Waals surface area contributed by atoms with E-state index in [2.05, 4.69) is 4.52 Å². The van der Waals surface area contributed by atoms with E-state index in [4.69, 9.17) is 20.4 Å². The molecular formula is C6H11Na2O9P. The molecule has 0 spiro atoms. The van der Waals surface area contributed by atoms with Gasteiger partial charge in [0.05, 0.1) is 14.4 Å². The van der Waals surface area contributed by atoms with E-state index in [1.165, 1.54) is 0 Å². The van der Waals surface area contributed by atoms with Crippen molar-refractivity contribution in [3.05, 3.63) is 0 Å². The van der Waals surface area contributed by atoms with Crippen molar-refractivity contribution in [2.24, 2.45) is 0 Å². The van der Waals surface area contributed by atoms with Crippen molar-refractivity contribution < 1.29 is 103 Å². The van der Waals surface area contributed by atoms with Crippen molar-refractivity contribution in [1.82, 2.24) is 0 Å². The fourth-order valence-corrected chi connectivity index (χ4v) is 1.02. The number of Topliss-reactive ketones (excluding diaryl/α,β-unsaturated/α-hetero) is 1. The van der Waals surface area contributed by atoms with Crippen LogP contribution < -0.4 is 68.9 Å². The van der Waals surface area contributed by atoms with Crippen LogP contribution in [0.4, 0.5) is 0 Å². The van der Waals surface area contributed by atoms with Crippen LogP contribution in [-0.4, -0.2) is 57.7 Å². The van der Waals surface area contributed by atoms with E-state index in [-0.39, 0.29) is 59.1 Å². The number of aliphatic hydroxyl groups is 4. The van der Waals surface area contributed by atoms with Gasteiger partial charge in [-0.15, -0.1) is 0 Å². The van der Waals surface area contributed by atoms with Crippen LogP contribution in [0.1, 0.15) is 0 Å². The van der Waals surface area contributed by atoms with Crippen molar-refractivity contribution in [3.8, 4) is 0 Å². The molecule has 96 valence electrons. The Morgan fingerprint density at radius 3 is 2.00 bits per heavy atom. The molecule has 9 nitrogen and oxygen atoms in total. The SMILES string of the molecule is O=C(COP(=O)([O-])[O-])C(O)C(O)C(O)CO.[Na+].[Na+]. The molecular weight excluding hydrogens is 293 g/mol. The minimum atomic E-state index is -5.35. The van der Waals surface area contributed by atoms with Crippen molar-refractivity contribution >= 4 is 13.6 Å². The average molecular weight is 304 g/mol. The smallest absolute Gasteiger partial charge is 0.790 e. The molecule has 0 aromatic rings. The maximum absolute atomic E-state index is 10.9. The van der Waals surface area contributed by atoms with Crippen molar-refractivity contribution in [2.75, 3.05) is 13.2 Å². The average Bonchev–Trinajstić information content (AvgIpc) is 2.21. The molecule has 3 unspecified atom stereocenters. The number of carbonyl (C=O) groups is 1. The maximum atomic E-state index is 10.9. The first-order valence-corrected chi connectivity index (χ1v) is 5.49. The molecule has 0 saturated carbocycles. The van der Waals surface area contributed by atoms with Crippen LogP contribution in [0.15, 0.2) is 0 Å². The quantitative estimate of drug-likeness (QED) is 0.263. The topological polar surface area (TPSA) is 170 Å². The molecule has 0 aromatic heterocycles. The monoisotopic (exact) mass is 304 g/mol. The van der Waals surface area contributed by atoms with Gasteiger partial charge in [-0.05, 0) is 0 Å². The molecule has 18 heavy (non-hydrogen) atoms. The third kappa shape index (κ3) is 10.4. The van der Waals surface area contributed by atoms with Crippen LogP contribution in [0.3, 0.4) is 0 Å². The minimum absolute atomic E-state index is 0. The third-order valence-electron chi connectivity index (χ3n) is 1.60. The van der Waals surface area contributed by atoms with Gasteiger partial charge in [0.15, 0.2) is 5.78 Å². The van der Waals surface area contributed by atoms with Gasteiger partial charge >= 0.3 is 59.1 Å². The summed E-state index contributed by atoms with van der Waals surface area (Å²) in [6, 6.07) is 0. The predicted molar refractivity (Wildman–Crippen MR) is 43.7 cm³/mol. The van der Waals surface area contributed by atoms with Crippen molar-refractivity contribution in [3.63, 3.8) is 0 Å². The Kier molecular flexibility index (Phi) is 15.5. The fraction of sp³-hybridized carbons (Fsp3) is 0.833. The molecule has 4 N–H and O–H groups in total. The van der Waals surface area contributed by atoms with Gasteiger partial charge in [0.1, 0.15) is 24.9 Å². The van der Waals surface area contributed by atoms with E-state index in [0.717, 1.165) is 0 Å². The summed E-state index contributed by atoms with van der Waals surface area (Å²) in [5, 5.41) is 35.3. The van der Waals surface area contributed by atoms with Gasteiger partial charge in [-0.2, -0.15) is 0 Å². The number of hydrogen-bond acceptors (Lipinski definition) is 9. The molecule has 0 aliphatic rings. The molecule has 0 rings (SSSR count). The Morgan fingerprint density at radius 1 is 1.22 bits per heavy atom. The Morgan fingerprint density at radius 2 is 1.67 bits per heavy atom. The summed E-state index contributed by atoms with van der Waals surface area (Å²) in [6.45, 7) is -2.16. The van der Waals surface area contributed by atoms with Gasteiger partial charge in [-0.3, -0.25) is 4.79 Å². The van der Waals surface area contributed by atoms with Crippen molar-refractivity contribution in [2.45, 2.75) is 18.3 Å². The number of hydrogen-bond donors (Lipinski definition) is 4. The second kappa shape index (κ2) is 11.3. The summed E-state index contributed by atoms with van der Waals surface area (Å²) in [5.74, 6) is -1.31. The van der Waals surface area contributed by atoms with E-state index in [0.29, 0.717) is 0 Å². The van der Waals surface area contributed by atoms with Crippen molar-refractivity contribution in [1.29, 1.82) is 0 Å². The van der Waals surface area contributed by atoms with E-state index < -0.39 is 45.1 Å². The van der Waals surface area contributed by atoms with E-state index in [1.54, 1.807) is 0 Å². The van der Waals surface area contributed by atoms with Gasteiger partial charge in [0.2, 0.25) is 0 Å². The normalized spacial score (nSPS) is 15.9. The standard InChI is InChI=1S/C6H13O9P.2Na/c7-1-3(8)5(10)6(11)4(9)2-15-16(12,13)14;;/h3,5-8,10-11H,1-2H2,(H2,12,13,14);;/q;2*+1/p-2. The van der Waals surface area contributed by atoms with Crippen LogP contribution in [-0.2, 0) is 13.9 Å². The van der Waals surface area contributed by atoms with Gasteiger partial charge < -0.3 is 39.3 Å². The summed E-state index contributed by atoms with van der Waals surface area (Å²) < 4.78 is 13.5. The second-order valence-corrected chi connectivity index (χ2v) is 4.02. The Labute approximate surface area is 147 Å². The van der Waals surface area contributed by atoms with Crippen LogP contribution in [0.2, 0.25) is 0 Å². The summed E-state index contributed by atoms with van der Waals surface area (Å²) in [6.07, 6.45) is -5.93. The van der Waals surface area contributed by atoms with Gasteiger partial charge in [0, 0.05) is 0 Å². The van der Waals surface area contributed by atoms with Crippen LogP contribution in [0, 0.1) is 0 Å². The molecule has 0 amide bonds. The maximum Gasteiger partial charge on any atom is 1.00 e. The number of phosphoric acid groups is 1. The molecule has 0 aliphatic carbocycles. The van der Waals surface area contributed by atoms with E-state index in [1.807, 2.05) is 0 Å². The molecule has 12 heteroatoms. The number of aliphatic hydroxyl groups excluding tert-OH is 4. The number of ketones is 1. The van der Waals surface area contributed by atoms with Gasteiger partial charge in [-0.1, -0.05) is 0 Å². The molecule has 0 aliphatic heterocycles. The Hall–Kier alpha value is 1.62. The number of rotatable bonds is 7. The minimum Gasteiger partial charge on any atom is -0.790 e. The number of phosphoric ester groups is 1. The number of carbonyl (C=O) groups excluding carboxylic acids is 1. The summed E-state index contributed by atoms with van der Waals surface area (Å²) in [4.78, 5) is 30.9. The van der Waals surface area contributed by atoms with Gasteiger partial charge in [-0.25, -0.2) is 0 Å². The van der Waals surface area contributed by atoms with Crippen LogP contribution in [0.5, 0.6) is 0 Å². The second-order valence-electron chi connectivity index (χ2n) is 2.87. The first-order chi connectivity index (χ1) is 7.19. The fourth-order valence-electron chi connectivity index (χ4n) is 0.737. The van der Waals surface area contributed by atoms with Gasteiger partial charge in [0.25, 0.3) is 0 Å². The zero-order valence-corrected chi connectivity index (χ0v) is 14.8. The third-order valence-corrected chi connectivity index (χ3v) is 2.04. The molecule has 0 radical (unpaired) electrons. The molecule has 0 fully saturated rings. The molecule has 0 aromatic carbocycles. The summed E-state index contributed by atoms with van der Waals surface area (Å²) in [7, 11) is -5.35. The van der Waals surface area contributed by atoms with Crippen LogP contribution >= 0.6 is 7.82 Å². The molecule has 0 bridgehead atoms. The molecule has 0 saturated heterocycles. The first-order valence-electron chi connectivity index (χ1n) is 4.03. The molecule has 3 atom stereocenters. The Bertz CT molecular complexity index is 282. The first kappa shape index (κ1) is 24.6. The summed E-state index contributed by atoms with van der Waals surface area (Å²) in [5.41, 5.74) is 0. The zero-order chi connectivity index (χ0) is 12.9. The van der Waals surface area contributed by atoms with E-state index >= 15 is 0 Å². The predicted octanol–water partition coefficient (Wildman–Crippen LogP) is -10.5. The largest absolute Gasteiger partial charge is 1.00 e. The zero-order valence-electron chi connectivity index (χ0n) is 9.92. The Balaban J connectivity index is -0.00000112. The van der Waals surface area contributed by atoms with E-state index in [9.17, 15) is 19.1 Å². The summed E-state index contributed by atoms with van der Waals surface area (Å²) >= 11 is 0. The molecule has 0 heterocycles.